The lowest BCUT2D eigenvalue weighted by Gasteiger charge is -2.21. The van der Waals surface area contributed by atoms with Crippen LogP contribution in [0.1, 0.15) is 0 Å². The zero-order valence-electron chi connectivity index (χ0n) is 10.5. The van der Waals surface area contributed by atoms with Crippen LogP contribution in [-0.4, -0.2) is 43.5 Å². The quantitative estimate of drug-likeness (QED) is 0.833. The maximum Gasteiger partial charge on any atom is 0.326 e. The number of benzene rings is 1. The summed E-state index contributed by atoms with van der Waals surface area (Å²) in [5.74, 6) is -2.57. The Hall–Kier alpha value is -1.93. The Kier molecular flexibility index (Phi) is 3.78. The van der Waals surface area contributed by atoms with Crippen LogP contribution in [0.25, 0.3) is 0 Å². The standard InChI is InChI=1S/C12H12FNO5S/c1-19-9-5-2-6-10(11(9)13)20(17,18)14-7-3-4-8(14)12(15)16/h2-6,8H,7H2,1H3,(H,15,16). The van der Waals surface area contributed by atoms with Crippen molar-refractivity contribution in [1.29, 1.82) is 0 Å². The van der Waals surface area contributed by atoms with E-state index in [1.54, 1.807) is 0 Å². The molecule has 1 aliphatic rings. The van der Waals surface area contributed by atoms with E-state index in [1.165, 1.54) is 31.4 Å². The summed E-state index contributed by atoms with van der Waals surface area (Å²) in [6, 6.07) is 2.36. The van der Waals surface area contributed by atoms with E-state index in [-0.39, 0.29) is 12.3 Å². The molecule has 2 rings (SSSR count). The Morgan fingerprint density at radius 3 is 2.80 bits per heavy atom. The van der Waals surface area contributed by atoms with Crippen LogP contribution in [0, 0.1) is 5.82 Å². The summed E-state index contributed by atoms with van der Waals surface area (Å²) in [5.41, 5.74) is 0. The lowest BCUT2D eigenvalue weighted by molar-refractivity contribution is -0.139. The van der Waals surface area contributed by atoms with Gasteiger partial charge in [-0.3, -0.25) is 4.79 Å². The number of carbonyl (C=O) groups is 1. The summed E-state index contributed by atoms with van der Waals surface area (Å²) in [6.45, 7) is -0.115. The number of nitrogens with zero attached hydrogens (tertiary/aromatic N) is 1. The van der Waals surface area contributed by atoms with Gasteiger partial charge in [0, 0.05) is 6.54 Å². The molecule has 0 bridgehead atoms. The molecule has 1 unspecified atom stereocenters. The van der Waals surface area contributed by atoms with E-state index >= 15 is 0 Å². The van der Waals surface area contributed by atoms with Gasteiger partial charge < -0.3 is 9.84 Å². The molecule has 1 aromatic carbocycles. The Labute approximate surface area is 115 Å². The van der Waals surface area contributed by atoms with Gasteiger partial charge in [0.25, 0.3) is 0 Å². The van der Waals surface area contributed by atoms with Crippen molar-refractivity contribution < 1.29 is 27.4 Å². The first-order valence-corrected chi connectivity index (χ1v) is 7.07. The Balaban J connectivity index is 2.49. The summed E-state index contributed by atoms with van der Waals surface area (Å²) in [5, 5.41) is 8.99. The molecular formula is C12H12FNO5S. The molecule has 0 spiro atoms. The van der Waals surface area contributed by atoms with Crippen LogP contribution >= 0.6 is 0 Å². The van der Waals surface area contributed by atoms with Gasteiger partial charge in [0.2, 0.25) is 10.0 Å². The van der Waals surface area contributed by atoms with E-state index in [1.807, 2.05) is 0 Å². The fourth-order valence-corrected chi connectivity index (χ4v) is 3.50. The number of sulfonamides is 1. The van der Waals surface area contributed by atoms with Crippen LogP contribution in [0.5, 0.6) is 5.75 Å². The normalized spacial score (nSPS) is 19.2. The molecule has 8 heteroatoms. The van der Waals surface area contributed by atoms with Gasteiger partial charge in [0.1, 0.15) is 10.9 Å². The van der Waals surface area contributed by atoms with Crippen molar-refractivity contribution in [3.63, 3.8) is 0 Å². The van der Waals surface area contributed by atoms with Gasteiger partial charge in [-0.25, -0.2) is 12.8 Å². The summed E-state index contributed by atoms with van der Waals surface area (Å²) in [7, 11) is -3.05. The smallest absolute Gasteiger partial charge is 0.326 e. The molecule has 1 aromatic rings. The summed E-state index contributed by atoms with van der Waals surface area (Å²) >= 11 is 0. The minimum atomic E-state index is -4.26. The zero-order chi connectivity index (χ0) is 14.9. The van der Waals surface area contributed by atoms with Crippen LogP contribution in [0.2, 0.25) is 0 Å². The lowest BCUT2D eigenvalue weighted by Crippen LogP contribution is -2.41. The van der Waals surface area contributed by atoms with Crippen LogP contribution < -0.4 is 4.74 Å². The maximum atomic E-state index is 14.1. The van der Waals surface area contributed by atoms with Crippen molar-refractivity contribution in [2.75, 3.05) is 13.7 Å². The topological polar surface area (TPSA) is 83.9 Å². The van der Waals surface area contributed by atoms with Crippen molar-refractivity contribution in [3.05, 3.63) is 36.2 Å². The number of carboxylic acids is 1. The van der Waals surface area contributed by atoms with Crippen LogP contribution in [0.4, 0.5) is 4.39 Å². The Morgan fingerprint density at radius 2 is 2.20 bits per heavy atom. The third kappa shape index (κ3) is 2.27. The number of rotatable bonds is 4. The molecular weight excluding hydrogens is 289 g/mol. The van der Waals surface area contributed by atoms with E-state index < -0.39 is 32.7 Å². The highest BCUT2D eigenvalue weighted by Crippen LogP contribution is 2.28. The molecule has 0 aromatic heterocycles. The molecule has 20 heavy (non-hydrogen) atoms. The Bertz CT molecular complexity index is 670. The first kappa shape index (κ1) is 14.5. The van der Waals surface area contributed by atoms with Gasteiger partial charge in [-0.05, 0) is 12.1 Å². The lowest BCUT2D eigenvalue weighted by atomic mass is 10.3. The predicted molar refractivity (Wildman–Crippen MR) is 67.4 cm³/mol. The average Bonchev–Trinajstić information content (AvgIpc) is 2.88. The molecule has 1 N–H and O–H groups in total. The molecule has 0 aliphatic carbocycles. The van der Waals surface area contributed by atoms with Gasteiger partial charge in [-0.15, -0.1) is 0 Å². The molecule has 0 radical (unpaired) electrons. The van der Waals surface area contributed by atoms with E-state index in [0.717, 1.165) is 6.07 Å². The highest BCUT2D eigenvalue weighted by Gasteiger charge is 2.38. The van der Waals surface area contributed by atoms with E-state index in [0.29, 0.717) is 4.31 Å². The van der Waals surface area contributed by atoms with Gasteiger partial charge >= 0.3 is 5.97 Å². The summed E-state index contributed by atoms with van der Waals surface area (Å²) in [4.78, 5) is 10.4. The third-order valence-corrected chi connectivity index (χ3v) is 4.77. The third-order valence-electron chi connectivity index (χ3n) is 2.90. The molecule has 108 valence electrons. The summed E-state index contributed by atoms with van der Waals surface area (Å²) < 4.78 is 44.2. The van der Waals surface area contributed by atoms with Gasteiger partial charge in [-0.2, -0.15) is 4.31 Å². The second-order valence-electron chi connectivity index (χ2n) is 4.06. The maximum absolute atomic E-state index is 14.1. The van der Waals surface area contributed by atoms with E-state index in [9.17, 15) is 17.6 Å². The number of halogens is 1. The molecule has 0 amide bonds. The number of hydrogen-bond donors (Lipinski definition) is 1. The van der Waals surface area contributed by atoms with Crippen LogP contribution in [0.15, 0.2) is 35.2 Å². The Morgan fingerprint density at radius 1 is 1.50 bits per heavy atom. The van der Waals surface area contributed by atoms with Crippen LogP contribution in [0.3, 0.4) is 0 Å². The fourth-order valence-electron chi connectivity index (χ4n) is 1.93. The SMILES string of the molecule is COc1cccc(S(=O)(=O)N2CC=CC2C(=O)O)c1F. The minimum absolute atomic E-state index is 0.115. The average molecular weight is 301 g/mol. The van der Waals surface area contributed by atoms with Gasteiger partial charge in [0.15, 0.2) is 11.6 Å². The molecule has 0 saturated heterocycles. The molecule has 1 atom stereocenters. The first-order chi connectivity index (χ1) is 9.39. The number of carboxylic acid groups (broad SMARTS) is 1. The number of hydrogen-bond acceptors (Lipinski definition) is 4. The number of ether oxygens (including phenoxy) is 1. The number of aliphatic carboxylic acids is 1. The second-order valence-corrected chi connectivity index (χ2v) is 5.92. The van der Waals surface area contributed by atoms with Crippen molar-refractivity contribution in [2.24, 2.45) is 0 Å². The van der Waals surface area contributed by atoms with Gasteiger partial charge in [0.05, 0.1) is 7.11 Å². The van der Waals surface area contributed by atoms with Crippen LogP contribution in [-0.2, 0) is 14.8 Å². The highest BCUT2D eigenvalue weighted by molar-refractivity contribution is 7.89. The van der Waals surface area contributed by atoms with Crippen molar-refractivity contribution in [1.82, 2.24) is 4.31 Å². The van der Waals surface area contributed by atoms with E-state index in [2.05, 4.69) is 0 Å². The molecule has 6 nitrogen and oxygen atoms in total. The molecule has 1 aliphatic heterocycles. The minimum Gasteiger partial charge on any atom is -0.494 e. The molecule has 0 fully saturated rings. The highest BCUT2D eigenvalue weighted by atomic mass is 32.2. The molecule has 1 heterocycles. The second kappa shape index (κ2) is 5.22. The van der Waals surface area contributed by atoms with E-state index in [4.69, 9.17) is 9.84 Å². The van der Waals surface area contributed by atoms with Crippen molar-refractivity contribution in [3.8, 4) is 5.75 Å². The monoisotopic (exact) mass is 301 g/mol. The van der Waals surface area contributed by atoms with Crippen molar-refractivity contribution >= 4 is 16.0 Å². The first-order valence-electron chi connectivity index (χ1n) is 5.63. The summed E-state index contributed by atoms with van der Waals surface area (Å²) in [6.07, 6.45) is 2.66. The number of methoxy groups -OCH3 is 1. The largest absolute Gasteiger partial charge is 0.494 e. The zero-order valence-corrected chi connectivity index (χ0v) is 11.3. The molecule has 0 saturated carbocycles. The predicted octanol–water partition coefficient (Wildman–Crippen LogP) is 0.848. The van der Waals surface area contributed by atoms with Crippen molar-refractivity contribution in [2.45, 2.75) is 10.9 Å². The fraction of sp³-hybridized carbons (Fsp3) is 0.250. The van der Waals surface area contributed by atoms with Gasteiger partial charge in [-0.1, -0.05) is 18.2 Å².